The van der Waals surface area contributed by atoms with E-state index in [0.717, 1.165) is 25.7 Å². The van der Waals surface area contributed by atoms with Gasteiger partial charge in [0, 0.05) is 12.8 Å². The summed E-state index contributed by atoms with van der Waals surface area (Å²) >= 11 is 0. The Hall–Kier alpha value is -1.32. The molecule has 0 spiro atoms. The normalized spacial score (nSPS) is 11.1. The van der Waals surface area contributed by atoms with E-state index in [0.29, 0.717) is 26.1 Å². The number of esters is 2. The van der Waals surface area contributed by atoms with E-state index in [-0.39, 0.29) is 18.4 Å². The van der Waals surface area contributed by atoms with E-state index in [9.17, 15) is 9.59 Å². The molecular weight excluding hydrogens is 376 g/mol. The van der Waals surface area contributed by atoms with Gasteiger partial charge in [-0.15, -0.1) is 0 Å². The first kappa shape index (κ1) is 28.7. The van der Waals surface area contributed by atoms with Gasteiger partial charge in [-0.2, -0.15) is 0 Å². The third kappa shape index (κ3) is 23.0. The van der Waals surface area contributed by atoms with Crippen molar-refractivity contribution in [3.05, 3.63) is 12.2 Å². The van der Waals surface area contributed by atoms with Crippen LogP contribution in [0.4, 0.5) is 0 Å². The Kier molecular flexibility index (Phi) is 22.9. The van der Waals surface area contributed by atoms with Crippen LogP contribution in [0.25, 0.3) is 0 Å². The van der Waals surface area contributed by atoms with Gasteiger partial charge < -0.3 is 9.47 Å². The molecule has 4 heteroatoms. The topological polar surface area (TPSA) is 52.6 Å². The van der Waals surface area contributed by atoms with Gasteiger partial charge in [0.1, 0.15) is 0 Å². The van der Waals surface area contributed by atoms with Crippen LogP contribution in [0.1, 0.15) is 129 Å². The summed E-state index contributed by atoms with van der Waals surface area (Å²) in [5, 5.41) is 0. The molecule has 0 heterocycles. The Balaban J connectivity index is 3.35. The van der Waals surface area contributed by atoms with Gasteiger partial charge in [0.05, 0.1) is 13.2 Å². The van der Waals surface area contributed by atoms with Crippen molar-refractivity contribution < 1.29 is 19.1 Å². The Morgan fingerprint density at radius 3 is 1.60 bits per heavy atom. The number of ether oxygens (including phenoxy) is 2. The number of rotatable bonds is 22. The standard InChI is InChI=1S/C26H48O4/c1-3-5-7-9-11-12-13-15-17-19-24-30-26(28)22-20-21-25(27)29-23-18-16-14-10-8-6-4-2/h14,16H,3-13,15,17-24H2,1-2H3/b16-14-. The summed E-state index contributed by atoms with van der Waals surface area (Å²) in [5.74, 6) is -0.425. The zero-order chi connectivity index (χ0) is 22.1. The molecule has 0 aliphatic heterocycles. The van der Waals surface area contributed by atoms with Crippen LogP contribution >= 0.6 is 0 Å². The van der Waals surface area contributed by atoms with Crippen molar-refractivity contribution in [2.75, 3.05) is 13.2 Å². The lowest BCUT2D eigenvalue weighted by Crippen LogP contribution is -2.09. The van der Waals surface area contributed by atoms with E-state index in [2.05, 4.69) is 26.0 Å². The molecule has 0 rings (SSSR count). The molecule has 4 nitrogen and oxygen atoms in total. The number of allylic oxidation sites excluding steroid dienone is 1. The number of unbranched alkanes of at least 4 members (excludes halogenated alkanes) is 12. The molecule has 0 fully saturated rings. The third-order valence-electron chi connectivity index (χ3n) is 5.21. The molecule has 0 aromatic carbocycles. The Morgan fingerprint density at radius 1 is 0.533 bits per heavy atom. The van der Waals surface area contributed by atoms with E-state index in [4.69, 9.17) is 9.47 Å². The van der Waals surface area contributed by atoms with Gasteiger partial charge in [-0.25, -0.2) is 0 Å². The second-order valence-corrected chi connectivity index (χ2v) is 8.23. The molecular formula is C26H48O4. The fourth-order valence-corrected chi connectivity index (χ4v) is 3.29. The quantitative estimate of drug-likeness (QED) is 0.101. The van der Waals surface area contributed by atoms with Crippen LogP contribution in [0.3, 0.4) is 0 Å². The van der Waals surface area contributed by atoms with Crippen LogP contribution in [0.5, 0.6) is 0 Å². The first-order chi connectivity index (χ1) is 14.7. The predicted octanol–water partition coefficient (Wildman–Crippen LogP) is 7.69. The molecule has 30 heavy (non-hydrogen) atoms. The highest BCUT2D eigenvalue weighted by Gasteiger charge is 2.07. The molecule has 0 aliphatic carbocycles. The summed E-state index contributed by atoms with van der Waals surface area (Å²) in [6.07, 6.45) is 23.6. The van der Waals surface area contributed by atoms with E-state index in [1.807, 2.05) is 0 Å². The summed E-state index contributed by atoms with van der Waals surface area (Å²) < 4.78 is 10.4. The average Bonchev–Trinajstić information content (AvgIpc) is 2.74. The smallest absolute Gasteiger partial charge is 0.305 e. The Labute approximate surface area is 186 Å². The SMILES string of the molecule is CCCCC/C=C\CCOC(=O)CCCC(=O)OCCCCCCCCCCCC. The largest absolute Gasteiger partial charge is 0.466 e. The van der Waals surface area contributed by atoms with Crippen LogP contribution in [0.2, 0.25) is 0 Å². The van der Waals surface area contributed by atoms with Crippen molar-refractivity contribution in [3.8, 4) is 0 Å². The van der Waals surface area contributed by atoms with Crippen LogP contribution in [0.15, 0.2) is 12.2 Å². The minimum absolute atomic E-state index is 0.200. The molecule has 0 aromatic heterocycles. The lowest BCUT2D eigenvalue weighted by Gasteiger charge is -2.06. The fraction of sp³-hybridized carbons (Fsp3) is 0.846. The second kappa shape index (κ2) is 24.0. The van der Waals surface area contributed by atoms with Crippen molar-refractivity contribution in [2.45, 2.75) is 129 Å². The maximum absolute atomic E-state index is 11.7. The summed E-state index contributed by atoms with van der Waals surface area (Å²) in [6, 6.07) is 0. The van der Waals surface area contributed by atoms with Crippen molar-refractivity contribution in [2.24, 2.45) is 0 Å². The lowest BCUT2D eigenvalue weighted by molar-refractivity contribution is -0.145. The summed E-state index contributed by atoms with van der Waals surface area (Å²) in [7, 11) is 0. The predicted molar refractivity (Wildman–Crippen MR) is 126 cm³/mol. The van der Waals surface area contributed by atoms with Gasteiger partial charge in [-0.1, -0.05) is 96.6 Å². The molecule has 0 N–H and O–H groups in total. The number of hydrogen-bond acceptors (Lipinski definition) is 4. The van der Waals surface area contributed by atoms with Crippen LogP contribution < -0.4 is 0 Å². The average molecular weight is 425 g/mol. The van der Waals surface area contributed by atoms with Crippen molar-refractivity contribution in [3.63, 3.8) is 0 Å². The molecule has 0 aliphatic rings. The van der Waals surface area contributed by atoms with E-state index in [1.165, 1.54) is 70.6 Å². The highest BCUT2D eigenvalue weighted by Crippen LogP contribution is 2.10. The maximum atomic E-state index is 11.7. The van der Waals surface area contributed by atoms with E-state index < -0.39 is 0 Å². The van der Waals surface area contributed by atoms with Crippen LogP contribution in [-0.2, 0) is 19.1 Å². The summed E-state index contributed by atoms with van der Waals surface area (Å²) in [6.45, 7) is 5.37. The minimum Gasteiger partial charge on any atom is -0.466 e. The number of carbonyl (C=O) groups is 2. The third-order valence-corrected chi connectivity index (χ3v) is 5.21. The fourth-order valence-electron chi connectivity index (χ4n) is 3.29. The molecule has 0 saturated carbocycles. The van der Waals surface area contributed by atoms with Crippen molar-refractivity contribution >= 4 is 11.9 Å². The number of carbonyl (C=O) groups excluding carboxylic acids is 2. The molecule has 0 saturated heterocycles. The molecule has 0 atom stereocenters. The van der Waals surface area contributed by atoms with Gasteiger partial charge in [-0.05, 0) is 32.1 Å². The minimum atomic E-state index is -0.225. The summed E-state index contributed by atoms with van der Waals surface area (Å²) in [4.78, 5) is 23.4. The number of hydrogen-bond donors (Lipinski definition) is 0. The first-order valence-electron chi connectivity index (χ1n) is 12.7. The molecule has 0 amide bonds. The van der Waals surface area contributed by atoms with Gasteiger partial charge in [-0.3, -0.25) is 9.59 Å². The second-order valence-electron chi connectivity index (χ2n) is 8.23. The van der Waals surface area contributed by atoms with E-state index in [1.54, 1.807) is 0 Å². The maximum Gasteiger partial charge on any atom is 0.305 e. The monoisotopic (exact) mass is 424 g/mol. The molecule has 0 bridgehead atoms. The molecule has 0 radical (unpaired) electrons. The van der Waals surface area contributed by atoms with Crippen molar-refractivity contribution in [1.82, 2.24) is 0 Å². The molecule has 0 aromatic rings. The van der Waals surface area contributed by atoms with Gasteiger partial charge >= 0.3 is 11.9 Å². The van der Waals surface area contributed by atoms with Gasteiger partial charge in [0.25, 0.3) is 0 Å². The highest BCUT2D eigenvalue weighted by atomic mass is 16.5. The van der Waals surface area contributed by atoms with Crippen LogP contribution in [-0.4, -0.2) is 25.2 Å². The zero-order valence-corrected chi connectivity index (χ0v) is 19.9. The van der Waals surface area contributed by atoms with Crippen molar-refractivity contribution in [1.29, 1.82) is 0 Å². The zero-order valence-electron chi connectivity index (χ0n) is 19.9. The highest BCUT2D eigenvalue weighted by molar-refractivity contribution is 5.72. The first-order valence-corrected chi connectivity index (χ1v) is 12.7. The Bertz CT molecular complexity index is 417. The molecule has 176 valence electrons. The molecule has 0 unspecified atom stereocenters. The van der Waals surface area contributed by atoms with E-state index >= 15 is 0 Å². The van der Waals surface area contributed by atoms with Gasteiger partial charge in [0.2, 0.25) is 0 Å². The Morgan fingerprint density at radius 2 is 1.00 bits per heavy atom. The van der Waals surface area contributed by atoms with Gasteiger partial charge in [0.15, 0.2) is 0 Å². The lowest BCUT2D eigenvalue weighted by atomic mass is 10.1. The van der Waals surface area contributed by atoms with Crippen LogP contribution in [0, 0.1) is 0 Å². The summed E-state index contributed by atoms with van der Waals surface area (Å²) in [5.41, 5.74) is 0.